The topological polar surface area (TPSA) is 52.7 Å². The number of benzene rings is 1. The zero-order valence-electron chi connectivity index (χ0n) is 12.6. The number of amides is 3. The first-order chi connectivity index (χ1) is 10.7. The number of hydrogen-bond donors (Lipinski definition) is 1. The van der Waals surface area contributed by atoms with Gasteiger partial charge in [-0.2, -0.15) is 0 Å². The number of rotatable bonds is 2. The Morgan fingerprint density at radius 1 is 1.18 bits per heavy atom. The molecule has 0 aliphatic carbocycles. The molecule has 3 aliphatic rings. The predicted molar refractivity (Wildman–Crippen MR) is 82.3 cm³/mol. The summed E-state index contributed by atoms with van der Waals surface area (Å²) < 4.78 is 0. The van der Waals surface area contributed by atoms with Gasteiger partial charge in [0.25, 0.3) is 0 Å². The predicted octanol–water partition coefficient (Wildman–Crippen LogP) is 1.55. The molecule has 2 fully saturated rings. The lowest BCUT2D eigenvalue weighted by molar-refractivity contribution is -0.125. The number of imide groups is 1. The molecule has 1 aromatic rings. The lowest BCUT2D eigenvalue weighted by Crippen LogP contribution is -2.44. The van der Waals surface area contributed by atoms with Crippen LogP contribution in [0.4, 0.5) is 4.79 Å². The molecular weight excluding hydrogens is 278 g/mol. The summed E-state index contributed by atoms with van der Waals surface area (Å²) in [6.45, 7) is 2.91. The van der Waals surface area contributed by atoms with Crippen molar-refractivity contribution in [3.05, 3.63) is 35.4 Å². The molecule has 0 saturated carbocycles. The second-order valence-electron chi connectivity index (χ2n) is 6.55. The fraction of sp³-hybridized carbons (Fsp3) is 0.529. The van der Waals surface area contributed by atoms with Crippen LogP contribution in [0.5, 0.6) is 0 Å². The Kier molecular flexibility index (Phi) is 3.37. The largest absolute Gasteiger partial charge is 0.329 e. The fourth-order valence-electron chi connectivity index (χ4n) is 4.09. The lowest BCUT2D eigenvalue weighted by Gasteiger charge is -2.44. The molecule has 1 aromatic carbocycles. The van der Waals surface area contributed by atoms with Gasteiger partial charge in [0.05, 0.1) is 6.54 Å². The van der Waals surface area contributed by atoms with Crippen LogP contribution in [0.25, 0.3) is 0 Å². The number of piperidine rings is 1. The molecule has 0 bridgehead atoms. The van der Waals surface area contributed by atoms with Gasteiger partial charge in [-0.25, -0.2) is 4.79 Å². The first-order valence-electron chi connectivity index (χ1n) is 8.12. The average molecular weight is 299 g/mol. The molecule has 22 heavy (non-hydrogen) atoms. The van der Waals surface area contributed by atoms with E-state index in [0.29, 0.717) is 18.5 Å². The van der Waals surface area contributed by atoms with Crippen LogP contribution in [0, 0.1) is 5.92 Å². The molecule has 0 radical (unpaired) electrons. The van der Waals surface area contributed by atoms with Crippen LogP contribution in [-0.4, -0.2) is 47.9 Å². The summed E-state index contributed by atoms with van der Waals surface area (Å²) in [4.78, 5) is 27.5. The van der Waals surface area contributed by atoms with Gasteiger partial charge in [0.2, 0.25) is 5.91 Å². The van der Waals surface area contributed by atoms with Gasteiger partial charge >= 0.3 is 6.03 Å². The van der Waals surface area contributed by atoms with E-state index >= 15 is 0 Å². The van der Waals surface area contributed by atoms with Gasteiger partial charge in [0.15, 0.2) is 0 Å². The molecule has 5 heteroatoms. The van der Waals surface area contributed by atoms with Crippen molar-refractivity contribution >= 4 is 11.9 Å². The highest BCUT2D eigenvalue weighted by Gasteiger charge is 2.36. The molecule has 3 heterocycles. The minimum Gasteiger partial charge on any atom is -0.329 e. The van der Waals surface area contributed by atoms with Crippen molar-refractivity contribution < 1.29 is 9.59 Å². The third-order valence-corrected chi connectivity index (χ3v) is 5.28. The molecule has 1 N–H and O–H groups in total. The zero-order chi connectivity index (χ0) is 15.1. The number of nitrogens with one attached hydrogen (secondary N) is 1. The first kappa shape index (κ1) is 13.8. The summed E-state index contributed by atoms with van der Waals surface area (Å²) in [6, 6.07) is 8.92. The van der Waals surface area contributed by atoms with E-state index < -0.39 is 0 Å². The van der Waals surface area contributed by atoms with E-state index in [-0.39, 0.29) is 18.5 Å². The zero-order valence-corrected chi connectivity index (χ0v) is 12.6. The Hall–Kier alpha value is -1.88. The van der Waals surface area contributed by atoms with E-state index in [4.69, 9.17) is 0 Å². The molecule has 0 aromatic heterocycles. The molecule has 4 rings (SSSR count). The Morgan fingerprint density at radius 2 is 2.05 bits per heavy atom. The molecule has 2 saturated heterocycles. The summed E-state index contributed by atoms with van der Waals surface area (Å²) in [5, 5.41) is 2.61. The molecule has 0 spiro atoms. The van der Waals surface area contributed by atoms with Crippen molar-refractivity contribution in [3.63, 3.8) is 0 Å². The summed E-state index contributed by atoms with van der Waals surface area (Å²) >= 11 is 0. The highest BCUT2D eigenvalue weighted by atomic mass is 16.2. The monoisotopic (exact) mass is 299 g/mol. The van der Waals surface area contributed by atoms with Gasteiger partial charge in [-0.05, 0) is 42.9 Å². The van der Waals surface area contributed by atoms with E-state index in [1.807, 2.05) is 0 Å². The maximum Gasteiger partial charge on any atom is 0.324 e. The van der Waals surface area contributed by atoms with Crippen LogP contribution < -0.4 is 5.32 Å². The lowest BCUT2D eigenvalue weighted by atomic mass is 9.82. The standard InChI is InChI=1S/C17H21N3O2/c21-16-10-18-17(22)20(16)11-12-5-7-19-8-6-13-3-1-2-4-14(13)15(19)9-12/h1-4,12,15H,5-11H2,(H,18,22)/t12-,15?/m0/s1. The number of fused-ring (bicyclic) bond motifs is 3. The number of nitrogens with zero attached hydrogens (tertiary/aromatic N) is 2. The summed E-state index contributed by atoms with van der Waals surface area (Å²) in [5.74, 6) is 0.316. The minimum absolute atomic E-state index is 0.0866. The van der Waals surface area contributed by atoms with Crippen molar-refractivity contribution in [2.75, 3.05) is 26.2 Å². The van der Waals surface area contributed by atoms with Crippen molar-refractivity contribution in [2.24, 2.45) is 5.92 Å². The SMILES string of the molecule is O=C1CNC(=O)N1C[C@H]1CCN2CCc3ccccc3C2C1. The second kappa shape index (κ2) is 5.39. The van der Waals surface area contributed by atoms with E-state index in [2.05, 4.69) is 34.5 Å². The summed E-state index contributed by atoms with van der Waals surface area (Å²) in [6.07, 6.45) is 3.23. The van der Waals surface area contributed by atoms with E-state index in [9.17, 15) is 9.59 Å². The maximum absolute atomic E-state index is 11.8. The third kappa shape index (κ3) is 2.29. The third-order valence-electron chi connectivity index (χ3n) is 5.28. The smallest absolute Gasteiger partial charge is 0.324 e. The van der Waals surface area contributed by atoms with E-state index in [1.165, 1.54) is 16.0 Å². The first-order valence-corrected chi connectivity index (χ1v) is 8.12. The van der Waals surface area contributed by atoms with Crippen LogP contribution in [0.1, 0.15) is 30.0 Å². The molecule has 5 nitrogen and oxygen atoms in total. The molecule has 3 aliphatic heterocycles. The van der Waals surface area contributed by atoms with Crippen LogP contribution in [0.15, 0.2) is 24.3 Å². The van der Waals surface area contributed by atoms with Crippen LogP contribution in [-0.2, 0) is 11.2 Å². The number of carbonyl (C=O) groups is 2. The Morgan fingerprint density at radius 3 is 2.86 bits per heavy atom. The Balaban J connectivity index is 1.51. The van der Waals surface area contributed by atoms with Crippen molar-refractivity contribution in [3.8, 4) is 0 Å². The molecule has 3 amide bonds. The maximum atomic E-state index is 11.8. The Bertz CT molecular complexity index is 600. The second-order valence-corrected chi connectivity index (χ2v) is 6.55. The van der Waals surface area contributed by atoms with Gasteiger partial charge in [0, 0.05) is 19.1 Å². The molecule has 2 atom stereocenters. The van der Waals surface area contributed by atoms with Crippen molar-refractivity contribution in [1.82, 2.24) is 15.1 Å². The minimum atomic E-state index is -0.225. The van der Waals surface area contributed by atoms with Crippen LogP contribution >= 0.6 is 0 Å². The molecule has 116 valence electrons. The summed E-state index contributed by atoms with van der Waals surface area (Å²) in [5.41, 5.74) is 2.90. The summed E-state index contributed by atoms with van der Waals surface area (Å²) in [7, 11) is 0. The number of carbonyl (C=O) groups excluding carboxylic acids is 2. The number of hydrogen-bond acceptors (Lipinski definition) is 3. The van der Waals surface area contributed by atoms with Gasteiger partial charge in [-0.3, -0.25) is 14.6 Å². The average Bonchev–Trinajstić information content (AvgIpc) is 2.87. The highest BCUT2D eigenvalue weighted by Crippen LogP contribution is 2.39. The van der Waals surface area contributed by atoms with Crippen LogP contribution in [0.3, 0.4) is 0 Å². The van der Waals surface area contributed by atoms with Crippen molar-refractivity contribution in [2.45, 2.75) is 25.3 Å². The van der Waals surface area contributed by atoms with Gasteiger partial charge < -0.3 is 5.32 Å². The van der Waals surface area contributed by atoms with Crippen LogP contribution in [0.2, 0.25) is 0 Å². The quantitative estimate of drug-likeness (QED) is 0.843. The molecular formula is C17H21N3O2. The van der Waals surface area contributed by atoms with E-state index in [0.717, 1.165) is 32.4 Å². The fourth-order valence-corrected chi connectivity index (χ4v) is 4.09. The Labute approximate surface area is 130 Å². The normalized spacial score (nSPS) is 28.3. The molecule has 1 unspecified atom stereocenters. The highest BCUT2D eigenvalue weighted by molar-refractivity contribution is 6.01. The van der Waals surface area contributed by atoms with Gasteiger partial charge in [-0.1, -0.05) is 24.3 Å². The number of urea groups is 1. The van der Waals surface area contributed by atoms with Gasteiger partial charge in [-0.15, -0.1) is 0 Å². The van der Waals surface area contributed by atoms with Gasteiger partial charge in [0.1, 0.15) is 0 Å². The van der Waals surface area contributed by atoms with Crippen molar-refractivity contribution in [1.29, 1.82) is 0 Å². The van der Waals surface area contributed by atoms with E-state index in [1.54, 1.807) is 0 Å².